The fraction of sp³-hybridized carbons (Fsp3) is 0. The number of nitrogens with two attached hydrogens (primary N) is 1. The van der Waals surface area contributed by atoms with Crippen LogP contribution in [0, 0.1) is 0 Å². The average Bonchev–Trinajstić information content (AvgIpc) is 2.39. The van der Waals surface area contributed by atoms with Gasteiger partial charge in [-0.3, -0.25) is 4.79 Å². The van der Waals surface area contributed by atoms with E-state index >= 15 is 0 Å². The minimum Gasteiger partial charge on any atom is -0.366 e. The quantitative estimate of drug-likeness (QED) is 0.831. The minimum absolute atomic E-state index is 0.436. The number of hydrogen-bond acceptors (Lipinski definition) is 1. The summed E-state index contributed by atoms with van der Waals surface area (Å²) in [6, 6.07) is 12.7. The molecular formula is C15H11BrClNO. The first-order chi connectivity index (χ1) is 9.06. The third-order valence-electron chi connectivity index (χ3n) is 2.61. The van der Waals surface area contributed by atoms with Gasteiger partial charge in [0.2, 0.25) is 5.91 Å². The zero-order chi connectivity index (χ0) is 13.8. The first-order valence-electron chi connectivity index (χ1n) is 5.59. The highest BCUT2D eigenvalue weighted by Crippen LogP contribution is 2.21. The Morgan fingerprint density at radius 2 is 1.79 bits per heavy atom. The molecule has 0 aromatic heterocycles. The van der Waals surface area contributed by atoms with Crippen LogP contribution in [0.15, 0.2) is 46.9 Å². The molecule has 0 radical (unpaired) electrons. The molecule has 2 aromatic rings. The van der Waals surface area contributed by atoms with Crippen molar-refractivity contribution in [3.63, 3.8) is 0 Å². The summed E-state index contributed by atoms with van der Waals surface area (Å²) in [7, 11) is 0. The summed E-state index contributed by atoms with van der Waals surface area (Å²) in [6.45, 7) is 0. The summed E-state index contributed by atoms with van der Waals surface area (Å²) in [5, 5.41) is 0.703. The van der Waals surface area contributed by atoms with Crippen LogP contribution in [-0.2, 0) is 0 Å². The van der Waals surface area contributed by atoms with Crippen molar-refractivity contribution in [3.8, 4) is 0 Å². The van der Waals surface area contributed by atoms with Gasteiger partial charge in [0.1, 0.15) is 0 Å². The number of halogens is 2. The number of carbonyl (C=O) groups is 1. The Hall–Kier alpha value is -1.58. The summed E-state index contributed by atoms with van der Waals surface area (Å²) in [5.41, 5.74) is 7.67. The van der Waals surface area contributed by atoms with E-state index in [2.05, 4.69) is 15.9 Å². The van der Waals surface area contributed by atoms with Gasteiger partial charge >= 0.3 is 0 Å². The van der Waals surface area contributed by atoms with E-state index in [1.54, 1.807) is 12.1 Å². The van der Waals surface area contributed by atoms with Gasteiger partial charge in [0.05, 0.1) is 0 Å². The monoisotopic (exact) mass is 335 g/mol. The highest BCUT2D eigenvalue weighted by molar-refractivity contribution is 9.10. The molecule has 0 atom stereocenters. The first-order valence-corrected chi connectivity index (χ1v) is 6.76. The lowest BCUT2D eigenvalue weighted by molar-refractivity contribution is 0.100. The topological polar surface area (TPSA) is 43.1 Å². The number of rotatable bonds is 3. The number of benzene rings is 2. The van der Waals surface area contributed by atoms with Gasteiger partial charge in [0, 0.05) is 15.1 Å². The summed E-state index contributed by atoms with van der Waals surface area (Å²) < 4.78 is 0.905. The number of primary amides is 1. The van der Waals surface area contributed by atoms with Crippen molar-refractivity contribution < 1.29 is 4.79 Å². The van der Waals surface area contributed by atoms with E-state index in [1.165, 1.54) is 0 Å². The van der Waals surface area contributed by atoms with Crippen molar-refractivity contribution in [3.05, 3.63) is 68.7 Å². The second-order valence-electron chi connectivity index (χ2n) is 3.99. The molecule has 0 aliphatic heterocycles. The van der Waals surface area contributed by atoms with Crippen LogP contribution in [0.5, 0.6) is 0 Å². The van der Waals surface area contributed by atoms with E-state index in [4.69, 9.17) is 17.3 Å². The van der Waals surface area contributed by atoms with Gasteiger partial charge in [-0.1, -0.05) is 51.8 Å². The lowest BCUT2D eigenvalue weighted by atomic mass is 10.1. The lowest BCUT2D eigenvalue weighted by Crippen LogP contribution is -2.10. The van der Waals surface area contributed by atoms with E-state index in [9.17, 15) is 4.79 Å². The van der Waals surface area contributed by atoms with Crippen molar-refractivity contribution in [2.45, 2.75) is 0 Å². The molecule has 0 aliphatic rings. The van der Waals surface area contributed by atoms with Crippen LogP contribution in [0.4, 0.5) is 0 Å². The van der Waals surface area contributed by atoms with Crippen LogP contribution in [-0.4, -0.2) is 5.91 Å². The Kier molecular flexibility index (Phi) is 4.40. The molecule has 96 valence electrons. The molecule has 0 bridgehead atoms. The predicted molar refractivity (Wildman–Crippen MR) is 83.0 cm³/mol. The van der Waals surface area contributed by atoms with Crippen molar-refractivity contribution >= 4 is 45.6 Å². The number of amides is 1. The van der Waals surface area contributed by atoms with E-state index in [0.29, 0.717) is 10.6 Å². The molecule has 1 amide bonds. The lowest BCUT2D eigenvalue weighted by Gasteiger charge is -2.01. The van der Waals surface area contributed by atoms with Crippen LogP contribution in [0.25, 0.3) is 12.2 Å². The van der Waals surface area contributed by atoms with Crippen LogP contribution >= 0.6 is 27.5 Å². The fourth-order valence-electron chi connectivity index (χ4n) is 1.58. The SMILES string of the molecule is NC(=O)c1ccc(Br)c(C=Cc2ccc(Cl)cc2)c1. The smallest absolute Gasteiger partial charge is 0.248 e. The largest absolute Gasteiger partial charge is 0.366 e. The molecule has 4 heteroatoms. The molecule has 0 aliphatic carbocycles. The second-order valence-corrected chi connectivity index (χ2v) is 5.28. The molecule has 19 heavy (non-hydrogen) atoms. The van der Waals surface area contributed by atoms with E-state index in [0.717, 1.165) is 15.6 Å². The van der Waals surface area contributed by atoms with Crippen LogP contribution in [0.1, 0.15) is 21.5 Å². The van der Waals surface area contributed by atoms with Crippen molar-refractivity contribution in [2.75, 3.05) is 0 Å². The number of hydrogen-bond donors (Lipinski definition) is 1. The summed E-state index contributed by atoms with van der Waals surface area (Å²) in [4.78, 5) is 11.1. The third-order valence-corrected chi connectivity index (χ3v) is 3.58. The van der Waals surface area contributed by atoms with Crippen LogP contribution in [0.3, 0.4) is 0 Å². The van der Waals surface area contributed by atoms with Gasteiger partial charge in [0.15, 0.2) is 0 Å². The van der Waals surface area contributed by atoms with Crippen LogP contribution < -0.4 is 5.73 Å². The highest BCUT2D eigenvalue weighted by Gasteiger charge is 2.03. The van der Waals surface area contributed by atoms with Gasteiger partial charge in [-0.05, 0) is 41.5 Å². The molecule has 0 saturated heterocycles. The van der Waals surface area contributed by atoms with Gasteiger partial charge in [0.25, 0.3) is 0 Å². The second kappa shape index (κ2) is 6.04. The molecule has 0 fully saturated rings. The third kappa shape index (κ3) is 3.69. The Labute approximate surface area is 125 Å². The van der Waals surface area contributed by atoms with Crippen molar-refractivity contribution in [2.24, 2.45) is 5.73 Å². The molecule has 0 heterocycles. The maximum atomic E-state index is 11.1. The molecule has 0 spiro atoms. The van der Waals surface area contributed by atoms with Gasteiger partial charge in [-0.25, -0.2) is 0 Å². The summed E-state index contributed by atoms with van der Waals surface area (Å²) >= 11 is 9.27. The Morgan fingerprint density at radius 3 is 2.42 bits per heavy atom. The standard InChI is InChI=1S/C15H11BrClNO/c16-14-8-5-12(15(18)19)9-11(14)4-1-10-2-6-13(17)7-3-10/h1-9H,(H2,18,19). The average molecular weight is 337 g/mol. The van der Waals surface area contributed by atoms with E-state index in [-0.39, 0.29) is 0 Å². The zero-order valence-corrected chi connectivity index (χ0v) is 12.3. The van der Waals surface area contributed by atoms with Gasteiger partial charge < -0.3 is 5.73 Å². The molecule has 2 rings (SSSR count). The zero-order valence-electron chi connectivity index (χ0n) is 9.94. The normalized spacial score (nSPS) is 10.8. The molecule has 0 saturated carbocycles. The fourth-order valence-corrected chi connectivity index (χ4v) is 2.09. The van der Waals surface area contributed by atoms with Crippen LogP contribution in [0.2, 0.25) is 5.02 Å². The molecule has 2 nitrogen and oxygen atoms in total. The van der Waals surface area contributed by atoms with Gasteiger partial charge in [-0.15, -0.1) is 0 Å². The predicted octanol–water partition coefficient (Wildman–Crippen LogP) is 4.37. The minimum atomic E-state index is -0.436. The maximum Gasteiger partial charge on any atom is 0.248 e. The van der Waals surface area contributed by atoms with Crippen molar-refractivity contribution in [1.29, 1.82) is 0 Å². The van der Waals surface area contributed by atoms with Crippen molar-refractivity contribution in [1.82, 2.24) is 0 Å². The van der Waals surface area contributed by atoms with E-state index < -0.39 is 5.91 Å². The Balaban J connectivity index is 2.29. The molecule has 0 unspecified atom stereocenters. The summed E-state index contributed by atoms with van der Waals surface area (Å²) in [6.07, 6.45) is 3.86. The molecule has 2 N–H and O–H groups in total. The Morgan fingerprint density at radius 1 is 1.11 bits per heavy atom. The highest BCUT2D eigenvalue weighted by atomic mass is 79.9. The number of carbonyl (C=O) groups excluding carboxylic acids is 1. The van der Waals surface area contributed by atoms with Gasteiger partial charge in [-0.2, -0.15) is 0 Å². The maximum absolute atomic E-state index is 11.1. The summed E-state index contributed by atoms with van der Waals surface area (Å²) in [5.74, 6) is -0.436. The Bertz CT molecular complexity index is 635. The first kappa shape index (κ1) is 13.8. The molecule has 2 aromatic carbocycles. The van der Waals surface area contributed by atoms with E-state index in [1.807, 2.05) is 42.5 Å². The molecular weight excluding hydrogens is 326 g/mol.